The number of rotatable bonds is 4. The maximum Gasteiger partial charge on any atom is 0.229 e. The van der Waals surface area contributed by atoms with Gasteiger partial charge in [-0.25, -0.2) is 9.37 Å². The lowest BCUT2D eigenvalue weighted by Crippen LogP contribution is -2.49. The van der Waals surface area contributed by atoms with Crippen LogP contribution in [0.1, 0.15) is 17.3 Å². The van der Waals surface area contributed by atoms with Crippen LogP contribution >= 0.6 is 0 Å². The summed E-state index contributed by atoms with van der Waals surface area (Å²) >= 11 is 0. The molecule has 1 saturated heterocycles. The molecule has 1 aliphatic heterocycles. The Balaban J connectivity index is 1.49. The highest BCUT2D eigenvalue weighted by Gasteiger charge is 2.28. The van der Waals surface area contributed by atoms with Crippen LogP contribution in [0.2, 0.25) is 0 Å². The first-order valence-electron chi connectivity index (χ1n) is 8.81. The molecule has 3 aromatic rings. The molecule has 1 atom stereocenters. The molecular weight excluding hydrogens is 347 g/mol. The first-order chi connectivity index (χ1) is 13.2. The Bertz CT molecular complexity index is 911. The third-order valence-corrected chi connectivity index (χ3v) is 4.61. The Labute approximate surface area is 156 Å². The summed E-state index contributed by atoms with van der Waals surface area (Å²) in [7, 11) is 0. The van der Waals surface area contributed by atoms with Crippen molar-refractivity contribution in [3.8, 4) is 11.5 Å². The van der Waals surface area contributed by atoms with Gasteiger partial charge in [-0.3, -0.25) is 9.78 Å². The van der Waals surface area contributed by atoms with Gasteiger partial charge in [0.25, 0.3) is 0 Å². The predicted molar refractivity (Wildman–Crippen MR) is 97.2 cm³/mol. The van der Waals surface area contributed by atoms with Crippen LogP contribution in [0.5, 0.6) is 0 Å². The zero-order valence-electron chi connectivity index (χ0n) is 14.6. The molecule has 2 aromatic heterocycles. The molecule has 7 heteroatoms. The fourth-order valence-corrected chi connectivity index (χ4v) is 3.24. The third kappa shape index (κ3) is 3.88. The van der Waals surface area contributed by atoms with Gasteiger partial charge in [0.15, 0.2) is 0 Å². The van der Waals surface area contributed by atoms with Crippen molar-refractivity contribution in [1.29, 1.82) is 0 Å². The third-order valence-electron chi connectivity index (χ3n) is 4.61. The summed E-state index contributed by atoms with van der Waals surface area (Å²) in [6, 6.07) is 9.70. The molecule has 0 aliphatic carbocycles. The van der Waals surface area contributed by atoms with Crippen LogP contribution in [0.4, 0.5) is 4.39 Å². The van der Waals surface area contributed by atoms with E-state index in [1.807, 2.05) is 17.0 Å². The molecule has 1 N–H and O–H groups in total. The zero-order chi connectivity index (χ0) is 18.6. The molecule has 0 radical (unpaired) electrons. The van der Waals surface area contributed by atoms with Crippen LogP contribution in [0.25, 0.3) is 11.5 Å². The van der Waals surface area contributed by atoms with E-state index in [1.165, 1.54) is 18.4 Å². The number of carbonyl (C=O) groups is 1. The van der Waals surface area contributed by atoms with Gasteiger partial charge in [-0.15, -0.1) is 0 Å². The number of carbonyl (C=O) groups excluding carboxylic acids is 1. The molecule has 1 aliphatic rings. The normalized spacial score (nSPS) is 17.1. The molecule has 1 amide bonds. The maximum atomic E-state index is 13.1. The van der Waals surface area contributed by atoms with E-state index >= 15 is 0 Å². The Kier molecular flexibility index (Phi) is 4.93. The van der Waals surface area contributed by atoms with E-state index in [1.54, 1.807) is 24.5 Å². The number of aromatic nitrogens is 2. The predicted octanol–water partition coefficient (Wildman–Crippen LogP) is 2.59. The number of nitrogens with zero attached hydrogens (tertiary/aromatic N) is 3. The highest BCUT2D eigenvalue weighted by molar-refractivity contribution is 5.79. The summed E-state index contributed by atoms with van der Waals surface area (Å²) in [5, 5.41) is 3.33. The van der Waals surface area contributed by atoms with Gasteiger partial charge in [0.1, 0.15) is 12.1 Å². The lowest BCUT2D eigenvalue weighted by molar-refractivity contribution is -0.133. The lowest BCUT2D eigenvalue weighted by Gasteiger charge is -2.36. The topological polar surface area (TPSA) is 71.3 Å². The lowest BCUT2D eigenvalue weighted by atomic mass is 10.0. The van der Waals surface area contributed by atoms with E-state index in [9.17, 15) is 9.18 Å². The van der Waals surface area contributed by atoms with Gasteiger partial charge < -0.3 is 14.6 Å². The molecule has 1 fully saturated rings. The van der Waals surface area contributed by atoms with Crippen molar-refractivity contribution in [1.82, 2.24) is 20.2 Å². The number of hydrogen-bond acceptors (Lipinski definition) is 5. The number of piperazine rings is 1. The van der Waals surface area contributed by atoms with Crippen molar-refractivity contribution in [3.63, 3.8) is 0 Å². The van der Waals surface area contributed by atoms with Gasteiger partial charge in [-0.1, -0.05) is 6.07 Å². The quantitative estimate of drug-likeness (QED) is 0.769. The summed E-state index contributed by atoms with van der Waals surface area (Å²) in [5.41, 5.74) is 2.23. The van der Waals surface area contributed by atoms with Crippen LogP contribution in [-0.2, 0) is 11.2 Å². The number of benzene rings is 1. The van der Waals surface area contributed by atoms with Crippen LogP contribution in [0, 0.1) is 5.82 Å². The van der Waals surface area contributed by atoms with Crippen LogP contribution in [0.3, 0.4) is 0 Å². The summed E-state index contributed by atoms with van der Waals surface area (Å²) in [6.07, 6.45) is 5.15. The molecule has 0 bridgehead atoms. The van der Waals surface area contributed by atoms with Gasteiger partial charge in [-0.05, 0) is 35.9 Å². The van der Waals surface area contributed by atoms with E-state index in [4.69, 9.17) is 4.42 Å². The van der Waals surface area contributed by atoms with Gasteiger partial charge >= 0.3 is 0 Å². The largest absolute Gasteiger partial charge is 0.444 e. The van der Waals surface area contributed by atoms with Gasteiger partial charge in [0.05, 0.1) is 18.2 Å². The summed E-state index contributed by atoms with van der Waals surface area (Å²) < 4.78 is 18.5. The van der Waals surface area contributed by atoms with Gasteiger partial charge in [0.2, 0.25) is 11.8 Å². The molecule has 138 valence electrons. The number of pyridine rings is 1. The van der Waals surface area contributed by atoms with Crippen LogP contribution in [-0.4, -0.2) is 40.4 Å². The summed E-state index contributed by atoms with van der Waals surface area (Å²) in [5.74, 6) is 0.0482. The number of oxazole rings is 1. The molecule has 4 rings (SSSR count). The SMILES string of the molecule is O=C(Cc1coc(-c2ccc(F)cc2)n1)N1CCNCC1c1cccnc1. The van der Waals surface area contributed by atoms with Gasteiger partial charge in [-0.2, -0.15) is 0 Å². The van der Waals surface area contributed by atoms with Crippen LogP contribution in [0.15, 0.2) is 59.5 Å². The number of nitrogens with one attached hydrogen (secondary N) is 1. The van der Waals surface area contributed by atoms with E-state index in [0.29, 0.717) is 30.2 Å². The minimum atomic E-state index is -0.319. The second-order valence-electron chi connectivity index (χ2n) is 6.42. The minimum Gasteiger partial charge on any atom is -0.444 e. The molecule has 1 unspecified atom stereocenters. The van der Waals surface area contributed by atoms with Crippen molar-refractivity contribution >= 4 is 5.91 Å². The molecule has 3 heterocycles. The number of halogens is 1. The average Bonchev–Trinajstić information content (AvgIpc) is 3.17. The number of amides is 1. The Morgan fingerprint density at radius 3 is 2.93 bits per heavy atom. The smallest absolute Gasteiger partial charge is 0.229 e. The average molecular weight is 366 g/mol. The van der Waals surface area contributed by atoms with E-state index in [0.717, 1.165) is 12.1 Å². The highest BCUT2D eigenvalue weighted by Crippen LogP contribution is 2.23. The van der Waals surface area contributed by atoms with E-state index in [2.05, 4.69) is 15.3 Å². The fraction of sp³-hybridized carbons (Fsp3) is 0.250. The van der Waals surface area contributed by atoms with Crippen molar-refractivity contribution in [2.75, 3.05) is 19.6 Å². The van der Waals surface area contributed by atoms with E-state index in [-0.39, 0.29) is 24.2 Å². The minimum absolute atomic E-state index is 0.00990. The van der Waals surface area contributed by atoms with Crippen molar-refractivity contribution in [2.24, 2.45) is 0 Å². The maximum absolute atomic E-state index is 13.1. The monoisotopic (exact) mass is 366 g/mol. The highest BCUT2D eigenvalue weighted by atomic mass is 19.1. The molecular formula is C20H19FN4O2. The molecule has 1 aromatic carbocycles. The van der Waals surface area contributed by atoms with Crippen molar-refractivity contribution < 1.29 is 13.6 Å². The van der Waals surface area contributed by atoms with Crippen molar-refractivity contribution in [3.05, 3.63) is 72.1 Å². The Morgan fingerprint density at radius 1 is 1.30 bits per heavy atom. The summed E-state index contributed by atoms with van der Waals surface area (Å²) in [6.45, 7) is 2.07. The number of hydrogen-bond donors (Lipinski definition) is 1. The van der Waals surface area contributed by atoms with Crippen LogP contribution < -0.4 is 5.32 Å². The standard InChI is InChI=1S/C20H19FN4O2/c21-16-5-3-14(4-6-16)20-24-17(13-27-20)10-19(26)25-9-8-23-12-18(25)15-2-1-7-22-11-15/h1-7,11,13,18,23H,8-10,12H2. The Hall–Kier alpha value is -3.06. The second-order valence-corrected chi connectivity index (χ2v) is 6.42. The fourth-order valence-electron chi connectivity index (χ4n) is 3.24. The van der Waals surface area contributed by atoms with Gasteiger partial charge in [0, 0.05) is 37.6 Å². The second kappa shape index (κ2) is 7.67. The first kappa shape index (κ1) is 17.4. The summed E-state index contributed by atoms with van der Waals surface area (Å²) in [4.78, 5) is 23.3. The van der Waals surface area contributed by atoms with E-state index < -0.39 is 0 Å². The molecule has 27 heavy (non-hydrogen) atoms. The zero-order valence-corrected chi connectivity index (χ0v) is 14.6. The molecule has 0 saturated carbocycles. The molecule has 6 nitrogen and oxygen atoms in total. The molecule has 0 spiro atoms. The Morgan fingerprint density at radius 2 is 2.15 bits per heavy atom. The first-order valence-corrected chi connectivity index (χ1v) is 8.81. The van der Waals surface area contributed by atoms with Crippen molar-refractivity contribution in [2.45, 2.75) is 12.5 Å².